The minimum absolute atomic E-state index is 0.0582. The second-order valence-corrected chi connectivity index (χ2v) is 17.5. The maximum absolute atomic E-state index is 11.7. The van der Waals surface area contributed by atoms with Crippen LogP contribution in [0.15, 0.2) is 0 Å². The summed E-state index contributed by atoms with van der Waals surface area (Å²) in [6.45, 7) is -5.22. The number of carboxylic acid groups (broad SMARTS) is 1. The van der Waals surface area contributed by atoms with E-state index in [0.29, 0.717) is 6.42 Å². The highest BCUT2D eigenvalue weighted by atomic mass is 16.4. The van der Waals surface area contributed by atoms with Crippen molar-refractivity contribution in [2.75, 3.05) is 146 Å². The van der Waals surface area contributed by atoms with Gasteiger partial charge in [-0.2, -0.15) is 0 Å². The fourth-order valence-electron chi connectivity index (χ4n) is 3.71. The predicted molar refractivity (Wildman–Crippen MR) is 307 cm³/mol. The van der Waals surface area contributed by atoms with E-state index >= 15 is 0 Å². The quantitative estimate of drug-likeness (QED) is 0.0255. The lowest BCUT2D eigenvalue weighted by atomic mass is 10.0. The average molecular weight is 1280 g/mol. The zero-order valence-electron chi connectivity index (χ0n) is 50.1. The number of amides is 1. The molecule has 0 aliphatic rings. The number of rotatable bonds is 38. The highest BCUT2D eigenvalue weighted by Crippen LogP contribution is 2.14. The van der Waals surface area contributed by atoms with E-state index in [-0.39, 0.29) is 145 Å². The van der Waals surface area contributed by atoms with Crippen molar-refractivity contribution in [2.45, 2.75) is 171 Å². The first-order valence-electron chi connectivity index (χ1n) is 27.6. The van der Waals surface area contributed by atoms with Crippen LogP contribution in [0.25, 0.3) is 0 Å². The minimum Gasteiger partial charge on any atom is -0.480 e. The lowest BCUT2D eigenvalue weighted by molar-refractivity contribution is -0.143. The number of hydrogen-bond acceptors (Lipinski definition) is 32. The summed E-state index contributed by atoms with van der Waals surface area (Å²) in [7, 11) is 1.56. The van der Waals surface area contributed by atoms with Gasteiger partial charge in [0.2, 0.25) is 5.91 Å². The number of aliphatic hydroxyl groups is 30. The molecule has 0 aromatic heterocycles. The molecule has 0 saturated heterocycles. The Morgan fingerprint density at radius 2 is 0.388 bits per heavy atom. The summed E-state index contributed by atoms with van der Waals surface area (Å²) in [5, 5.41) is 249. The van der Waals surface area contributed by atoms with Crippen LogP contribution < -0.4 is 0 Å². The Kier molecular flexibility index (Phi) is 124. The molecule has 34 nitrogen and oxygen atoms in total. The van der Waals surface area contributed by atoms with Crippen LogP contribution in [0.3, 0.4) is 0 Å². The monoisotopic (exact) mass is 1280 g/mol. The second kappa shape index (κ2) is 98.0. The normalized spacial score (nSPS) is 10.2. The Morgan fingerprint density at radius 3 is 0.494 bits per heavy atom. The van der Waals surface area contributed by atoms with Gasteiger partial charge in [0.15, 0.2) is 0 Å². The van der Waals surface area contributed by atoms with Gasteiger partial charge in [-0.15, -0.1) is 0 Å². The van der Waals surface area contributed by atoms with Crippen LogP contribution >= 0.6 is 0 Å². The number of aliphatic hydroxyl groups excluding tert-OH is 30. The van der Waals surface area contributed by atoms with Gasteiger partial charge in [-0.25, -0.2) is 0 Å². The predicted octanol–water partition coefficient (Wildman–Crippen LogP) is -10.9. The third kappa shape index (κ3) is 132. The van der Waals surface area contributed by atoms with E-state index in [1.54, 1.807) is 7.05 Å². The van der Waals surface area contributed by atoms with E-state index < -0.39 is 67.0 Å². The summed E-state index contributed by atoms with van der Waals surface area (Å²) in [6.07, 6.45) is 10.5. The van der Waals surface area contributed by atoms with E-state index in [9.17, 15) is 9.59 Å². The zero-order valence-corrected chi connectivity index (χ0v) is 50.1. The number of unbranched alkanes of at least 4 members (excludes halogenated alkanes) is 14. The molecular formula is C51H121NO33. The van der Waals surface area contributed by atoms with Gasteiger partial charge in [-0.1, -0.05) is 96.8 Å². The number of hydrogen-bond donors (Lipinski definition) is 31. The third-order valence-corrected chi connectivity index (χ3v) is 9.01. The molecular weight excluding hydrogens is 1150 g/mol. The van der Waals surface area contributed by atoms with Crippen molar-refractivity contribution < 1.29 is 168 Å². The molecule has 0 saturated carbocycles. The second-order valence-electron chi connectivity index (χ2n) is 17.5. The molecule has 0 radical (unpaired) electrons. The van der Waals surface area contributed by atoms with Crippen LogP contribution in [0.1, 0.15) is 110 Å². The molecule has 31 N–H and O–H groups in total. The van der Waals surface area contributed by atoms with E-state index in [0.717, 1.165) is 12.8 Å². The van der Waals surface area contributed by atoms with Crippen LogP contribution in [-0.4, -0.2) is 382 Å². The van der Waals surface area contributed by atoms with Gasteiger partial charge >= 0.3 is 5.97 Å². The van der Waals surface area contributed by atoms with Gasteiger partial charge in [-0.05, 0) is 6.42 Å². The lowest BCUT2D eigenvalue weighted by Gasteiger charge is -2.14. The van der Waals surface area contributed by atoms with Crippen molar-refractivity contribution >= 4 is 11.9 Å². The van der Waals surface area contributed by atoms with E-state index in [1.807, 2.05) is 0 Å². The Balaban J connectivity index is -0.0000000849. The van der Waals surface area contributed by atoms with Gasteiger partial charge in [0.05, 0.1) is 132 Å². The molecule has 0 aromatic carbocycles. The summed E-state index contributed by atoms with van der Waals surface area (Å²) in [4.78, 5) is 23.5. The smallest absolute Gasteiger partial charge is 0.323 e. The van der Waals surface area contributed by atoms with Gasteiger partial charge < -0.3 is 163 Å². The Bertz CT molecular complexity index is 918. The van der Waals surface area contributed by atoms with Gasteiger partial charge in [0, 0.05) is 13.5 Å². The molecule has 0 atom stereocenters. The van der Waals surface area contributed by atoms with Crippen molar-refractivity contribution in [3.63, 3.8) is 0 Å². The number of carbonyl (C=O) groups is 2. The molecule has 1 amide bonds. The van der Waals surface area contributed by atoms with Gasteiger partial charge in [0.25, 0.3) is 0 Å². The summed E-state index contributed by atoms with van der Waals surface area (Å²) >= 11 is 0. The van der Waals surface area contributed by atoms with Gasteiger partial charge in [-0.3, -0.25) is 9.59 Å². The van der Waals surface area contributed by atoms with Crippen LogP contribution in [0.5, 0.6) is 0 Å². The summed E-state index contributed by atoms with van der Waals surface area (Å²) in [6, 6.07) is 0. The van der Waals surface area contributed by atoms with E-state index in [2.05, 4.69) is 6.92 Å². The van der Waals surface area contributed by atoms with E-state index in [1.165, 1.54) is 88.4 Å². The number of likely N-dealkylation sites (N-methyl/N-ethyl adjacent to an activating group) is 1. The molecule has 0 heterocycles. The molecule has 0 spiro atoms. The molecule has 0 fully saturated rings. The highest BCUT2D eigenvalue weighted by molar-refractivity contribution is 5.80. The number of aliphatic carboxylic acids is 1. The zero-order chi connectivity index (χ0) is 68.7. The Morgan fingerprint density at radius 1 is 0.259 bits per heavy atom. The first kappa shape index (κ1) is 107. The average Bonchev–Trinajstić information content (AvgIpc) is 3.54. The SMILES string of the molecule is CCCCCCCCCCCCCCCCCC(=O)N(C)CC(=O)O.OCC(O)CO.OCC(O)CO.OCC(O)CO.OCC(O)CO.OCC(O)CO.OCC(O)CO.OCC(O)CO.OCC(O)CO.OCC(O)CO.OCC(O)CO. The maximum atomic E-state index is 11.7. The van der Waals surface area contributed by atoms with E-state index in [4.69, 9.17) is 158 Å². The van der Waals surface area contributed by atoms with Crippen molar-refractivity contribution in [1.29, 1.82) is 0 Å². The highest BCUT2D eigenvalue weighted by Gasteiger charge is 2.11. The van der Waals surface area contributed by atoms with Crippen LogP contribution in [0.2, 0.25) is 0 Å². The van der Waals surface area contributed by atoms with Crippen LogP contribution in [-0.2, 0) is 9.59 Å². The largest absolute Gasteiger partial charge is 0.480 e. The number of carbonyl (C=O) groups excluding carboxylic acids is 1. The lowest BCUT2D eigenvalue weighted by Crippen LogP contribution is -2.31. The Hall–Kier alpha value is -2.26. The molecule has 0 unspecified atom stereocenters. The van der Waals surface area contributed by atoms with Crippen molar-refractivity contribution in [2.24, 2.45) is 0 Å². The fourth-order valence-corrected chi connectivity index (χ4v) is 3.71. The molecule has 34 heteroatoms. The number of nitrogens with zero attached hydrogens (tertiary/aromatic N) is 1. The molecule has 0 aliphatic carbocycles. The molecule has 528 valence electrons. The molecule has 0 aromatic rings. The van der Waals surface area contributed by atoms with Crippen molar-refractivity contribution in [1.82, 2.24) is 4.90 Å². The molecule has 0 aliphatic heterocycles. The minimum atomic E-state index is -0.954. The fraction of sp³-hybridized carbons (Fsp3) is 0.961. The van der Waals surface area contributed by atoms with Crippen LogP contribution in [0.4, 0.5) is 0 Å². The van der Waals surface area contributed by atoms with Crippen molar-refractivity contribution in [3.8, 4) is 0 Å². The standard InChI is InChI=1S/C21H41NO3.10C3H8O3/c1-3-4-5-6-7-8-9-10-11-12-13-14-15-16-17-18-20(23)22(2)19-21(24)25;10*4-1-3(6)2-5/h3-19H2,1-2H3,(H,24,25);10*3-6H,1-2H2. The van der Waals surface area contributed by atoms with Crippen LogP contribution in [0, 0.1) is 0 Å². The van der Waals surface area contributed by atoms with Crippen molar-refractivity contribution in [3.05, 3.63) is 0 Å². The molecule has 0 rings (SSSR count). The Labute approximate surface area is 500 Å². The first-order chi connectivity index (χ1) is 40.2. The molecule has 0 bridgehead atoms. The summed E-state index contributed by atoms with van der Waals surface area (Å²) in [5.41, 5.74) is 0. The topological polar surface area (TPSA) is 665 Å². The maximum Gasteiger partial charge on any atom is 0.323 e. The number of carboxylic acids is 1. The first-order valence-corrected chi connectivity index (χ1v) is 27.6. The third-order valence-electron chi connectivity index (χ3n) is 9.01. The summed E-state index contributed by atoms with van der Waals surface area (Å²) in [5.74, 6) is -1.01. The summed E-state index contributed by atoms with van der Waals surface area (Å²) < 4.78 is 0. The molecule has 85 heavy (non-hydrogen) atoms. The van der Waals surface area contributed by atoms with Gasteiger partial charge in [0.1, 0.15) is 67.6 Å².